The number of hydrogen-bond donors (Lipinski definition) is 0. The second-order valence-electron chi connectivity index (χ2n) is 7.40. The third-order valence-corrected chi connectivity index (χ3v) is 6.04. The smallest absolute Gasteiger partial charge is 0.328 e. The van der Waals surface area contributed by atoms with Crippen LogP contribution in [0.15, 0.2) is 0 Å². The first-order valence-electron chi connectivity index (χ1n) is 9.09. The second-order valence-corrected chi connectivity index (χ2v) is 7.40. The maximum absolute atomic E-state index is 12.9. The predicted molar refractivity (Wildman–Crippen MR) is 84.2 cm³/mol. The quantitative estimate of drug-likeness (QED) is 0.752. The highest BCUT2D eigenvalue weighted by Gasteiger charge is 2.47. The lowest BCUT2D eigenvalue weighted by Gasteiger charge is -2.34. The molecule has 1 amide bonds. The van der Waals surface area contributed by atoms with E-state index in [0.29, 0.717) is 18.3 Å². The van der Waals surface area contributed by atoms with Gasteiger partial charge < -0.3 is 9.64 Å². The number of methoxy groups -OCH3 is 1. The van der Waals surface area contributed by atoms with Gasteiger partial charge in [-0.05, 0) is 43.9 Å². The van der Waals surface area contributed by atoms with Crippen molar-refractivity contribution in [2.75, 3.05) is 7.11 Å². The van der Waals surface area contributed by atoms with Crippen molar-refractivity contribution in [2.45, 2.75) is 82.7 Å². The zero-order valence-electron chi connectivity index (χ0n) is 13.8. The van der Waals surface area contributed by atoms with Crippen molar-refractivity contribution in [3.63, 3.8) is 0 Å². The Balaban J connectivity index is 1.71. The summed E-state index contributed by atoms with van der Waals surface area (Å²) in [5.74, 6) is 1.03. The van der Waals surface area contributed by atoms with Crippen LogP contribution in [0.3, 0.4) is 0 Å². The summed E-state index contributed by atoms with van der Waals surface area (Å²) in [6.45, 7) is 0. The molecule has 1 heterocycles. The zero-order chi connectivity index (χ0) is 15.5. The van der Waals surface area contributed by atoms with E-state index in [9.17, 15) is 9.59 Å². The van der Waals surface area contributed by atoms with Gasteiger partial charge in [-0.15, -0.1) is 0 Å². The number of ether oxygens (including phenoxy) is 1. The van der Waals surface area contributed by atoms with E-state index in [1.54, 1.807) is 0 Å². The van der Waals surface area contributed by atoms with Crippen LogP contribution in [0.5, 0.6) is 0 Å². The Bertz CT molecular complexity index is 417. The van der Waals surface area contributed by atoms with Crippen molar-refractivity contribution in [1.82, 2.24) is 4.90 Å². The summed E-state index contributed by atoms with van der Waals surface area (Å²) in [4.78, 5) is 27.0. The summed E-state index contributed by atoms with van der Waals surface area (Å²) in [6.07, 6.45) is 12.3. The Morgan fingerprint density at radius 1 is 1.00 bits per heavy atom. The van der Waals surface area contributed by atoms with Gasteiger partial charge in [0.25, 0.3) is 0 Å². The minimum absolute atomic E-state index is 0.205. The SMILES string of the molecule is COC(=O)[C@@H]1C[C@@H]2CCCC[C@H]2N1C(=O)CC1CCCCC1. The maximum atomic E-state index is 12.9. The van der Waals surface area contributed by atoms with Crippen molar-refractivity contribution >= 4 is 11.9 Å². The fourth-order valence-corrected chi connectivity index (χ4v) is 4.91. The Kier molecular flexibility index (Phi) is 5.04. The number of carbonyl (C=O) groups is 2. The van der Waals surface area contributed by atoms with E-state index < -0.39 is 0 Å². The largest absolute Gasteiger partial charge is 0.467 e. The van der Waals surface area contributed by atoms with E-state index in [1.165, 1.54) is 52.1 Å². The van der Waals surface area contributed by atoms with E-state index in [4.69, 9.17) is 4.74 Å². The topological polar surface area (TPSA) is 46.6 Å². The van der Waals surface area contributed by atoms with E-state index in [-0.39, 0.29) is 24.0 Å². The molecule has 2 saturated carbocycles. The zero-order valence-corrected chi connectivity index (χ0v) is 13.8. The average Bonchev–Trinajstić information content (AvgIpc) is 2.94. The monoisotopic (exact) mass is 307 g/mol. The summed E-state index contributed by atoms with van der Waals surface area (Å²) < 4.78 is 4.98. The molecule has 1 saturated heterocycles. The number of nitrogens with zero attached hydrogens (tertiary/aromatic N) is 1. The van der Waals surface area contributed by atoms with Gasteiger partial charge in [-0.1, -0.05) is 32.1 Å². The first-order chi connectivity index (χ1) is 10.7. The van der Waals surface area contributed by atoms with Gasteiger partial charge in [-0.3, -0.25) is 4.79 Å². The Morgan fingerprint density at radius 3 is 2.41 bits per heavy atom. The van der Waals surface area contributed by atoms with Crippen molar-refractivity contribution in [3.05, 3.63) is 0 Å². The summed E-state index contributed by atoms with van der Waals surface area (Å²) >= 11 is 0. The van der Waals surface area contributed by atoms with Gasteiger partial charge in [0.05, 0.1) is 7.11 Å². The second kappa shape index (κ2) is 7.01. The Labute approximate surface area is 133 Å². The minimum atomic E-state index is -0.325. The van der Waals surface area contributed by atoms with Crippen LogP contribution in [0.4, 0.5) is 0 Å². The number of fused-ring (bicyclic) bond motifs is 1. The van der Waals surface area contributed by atoms with Crippen LogP contribution in [0.1, 0.15) is 70.6 Å². The van der Waals surface area contributed by atoms with E-state index >= 15 is 0 Å². The molecule has 4 heteroatoms. The number of esters is 1. The molecule has 0 unspecified atom stereocenters. The average molecular weight is 307 g/mol. The molecule has 0 N–H and O–H groups in total. The molecule has 0 radical (unpaired) electrons. The third-order valence-electron chi connectivity index (χ3n) is 6.04. The Hall–Kier alpha value is -1.06. The van der Waals surface area contributed by atoms with Crippen molar-refractivity contribution in [3.8, 4) is 0 Å². The molecule has 2 aliphatic carbocycles. The summed E-state index contributed by atoms with van der Waals surface area (Å²) in [5, 5.41) is 0. The molecule has 3 atom stereocenters. The number of hydrogen-bond acceptors (Lipinski definition) is 3. The van der Waals surface area contributed by atoms with Gasteiger partial charge in [0, 0.05) is 12.5 Å². The van der Waals surface area contributed by atoms with Crippen molar-refractivity contribution in [1.29, 1.82) is 0 Å². The van der Waals surface area contributed by atoms with Crippen LogP contribution in [0, 0.1) is 11.8 Å². The standard InChI is InChI=1S/C18H29NO3/c1-22-18(21)16-12-14-9-5-6-10-15(14)19(16)17(20)11-13-7-3-2-4-8-13/h13-16H,2-12H2,1H3/t14-,15+,16-/m0/s1. The normalized spacial score (nSPS) is 32.6. The molecule has 3 rings (SSSR count). The van der Waals surface area contributed by atoms with E-state index in [0.717, 1.165) is 19.3 Å². The van der Waals surface area contributed by atoms with Gasteiger partial charge in [-0.2, -0.15) is 0 Å². The molecule has 0 bridgehead atoms. The van der Waals surface area contributed by atoms with Crippen LogP contribution in [-0.4, -0.2) is 36.0 Å². The molecule has 0 aromatic heterocycles. The number of carbonyl (C=O) groups excluding carboxylic acids is 2. The highest BCUT2D eigenvalue weighted by molar-refractivity contribution is 5.85. The van der Waals surface area contributed by atoms with Crippen molar-refractivity contribution in [2.24, 2.45) is 11.8 Å². The van der Waals surface area contributed by atoms with Gasteiger partial charge in [0.2, 0.25) is 5.91 Å². The number of amides is 1. The number of rotatable bonds is 3. The summed E-state index contributed by atoms with van der Waals surface area (Å²) in [6, 6.07) is -0.0388. The van der Waals surface area contributed by atoms with Gasteiger partial charge in [-0.25, -0.2) is 4.79 Å². The third kappa shape index (κ3) is 3.16. The molecule has 0 aromatic rings. The van der Waals surface area contributed by atoms with Crippen LogP contribution in [0.2, 0.25) is 0 Å². The van der Waals surface area contributed by atoms with Crippen LogP contribution < -0.4 is 0 Å². The molecule has 3 aliphatic rings. The Morgan fingerprint density at radius 2 is 1.68 bits per heavy atom. The highest BCUT2D eigenvalue weighted by Crippen LogP contribution is 2.41. The minimum Gasteiger partial charge on any atom is -0.467 e. The maximum Gasteiger partial charge on any atom is 0.328 e. The molecule has 3 fully saturated rings. The fraction of sp³-hybridized carbons (Fsp3) is 0.889. The molecule has 4 nitrogen and oxygen atoms in total. The fourth-order valence-electron chi connectivity index (χ4n) is 4.91. The number of likely N-dealkylation sites (tertiary alicyclic amines) is 1. The van der Waals surface area contributed by atoms with Gasteiger partial charge >= 0.3 is 5.97 Å². The predicted octanol–water partition coefficient (Wildman–Crippen LogP) is 3.29. The van der Waals surface area contributed by atoms with Crippen molar-refractivity contribution < 1.29 is 14.3 Å². The molecule has 22 heavy (non-hydrogen) atoms. The molecule has 0 aromatic carbocycles. The molecule has 1 aliphatic heterocycles. The molecular formula is C18H29NO3. The lowest BCUT2D eigenvalue weighted by Crippen LogP contribution is -2.47. The molecule has 0 spiro atoms. The van der Waals surface area contributed by atoms with E-state index in [1.807, 2.05) is 4.90 Å². The lowest BCUT2D eigenvalue weighted by molar-refractivity contribution is -0.152. The van der Waals surface area contributed by atoms with Gasteiger partial charge in [0.15, 0.2) is 0 Å². The van der Waals surface area contributed by atoms with Gasteiger partial charge in [0.1, 0.15) is 6.04 Å². The lowest BCUT2D eigenvalue weighted by atomic mass is 9.84. The van der Waals surface area contributed by atoms with Crippen LogP contribution in [0.25, 0.3) is 0 Å². The summed E-state index contributed by atoms with van der Waals surface area (Å²) in [5.41, 5.74) is 0. The molecular weight excluding hydrogens is 278 g/mol. The summed E-state index contributed by atoms with van der Waals surface area (Å²) in [7, 11) is 1.44. The van der Waals surface area contributed by atoms with Crippen LogP contribution >= 0.6 is 0 Å². The first kappa shape index (κ1) is 15.8. The first-order valence-corrected chi connectivity index (χ1v) is 9.09. The highest BCUT2D eigenvalue weighted by atomic mass is 16.5. The molecule has 124 valence electrons. The van der Waals surface area contributed by atoms with Crippen LogP contribution in [-0.2, 0) is 14.3 Å². The van der Waals surface area contributed by atoms with E-state index in [2.05, 4.69) is 0 Å².